The summed E-state index contributed by atoms with van der Waals surface area (Å²) < 4.78 is 0. The van der Waals surface area contributed by atoms with Crippen molar-refractivity contribution >= 4 is 49.4 Å². The third kappa shape index (κ3) is 5.93. The number of hydrogen-bond donors (Lipinski definition) is 0. The second-order valence-corrected chi connectivity index (χ2v) is 14.1. The Hall–Kier alpha value is -7.22. The van der Waals surface area contributed by atoms with Gasteiger partial charge in [0.05, 0.1) is 5.69 Å². The molecule has 0 aliphatic heterocycles. The minimum absolute atomic E-state index is 1.09. The maximum atomic E-state index is 2.44. The van der Waals surface area contributed by atoms with Gasteiger partial charge in [0.15, 0.2) is 0 Å². The molecule has 0 fully saturated rings. The van der Waals surface area contributed by atoms with Crippen molar-refractivity contribution in [3.63, 3.8) is 0 Å². The Kier molecular flexibility index (Phi) is 8.24. The van der Waals surface area contributed by atoms with Crippen LogP contribution in [0.3, 0.4) is 0 Å². The Labute approximate surface area is 322 Å². The molecule has 10 aromatic rings. The molecule has 0 aromatic heterocycles. The summed E-state index contributed by atoms with van der Waals surface area (Å²) in [5.41, 5.74) is 12.9. The molecule has 0 saturated heterocycles. The summed E-state index contributed by atoms with van der Waals surface area (Å²) in [5.74, 6) is 0. The summed E-state index contributed by atoms with van der Waals surface area (Å²) in [6, 6.07) is 81.5. The lowest BCUT2D eigenvalue weighted by Gasteiger charge is -2.30. The van der Waals surface area contributed by atoms with Gasteiger partial charge in [-0.3, -0.25) is 0 Å². The van der Waals surface area contributed by atoms with Gasteiger partial charge in [-0.15, -0.1) is 0 Å². The largest absolute Gasteiger partial charge is 0.310 e. The molecule has 0 radical (unpaired) electrons. The van der Waals surface area contributed by atoms with E-state index >= 15 is 0 Å². The van der Waals surface area contributed by atoms with Crippen LogP contribution in [0.1, 0.15) is 0 Å². The molecule has 1 nitrogen and oxygen atoms in total. The highest BCUT2D eigenvalue weighted by molar-refractivity contribution is 6.14. The van der Waals surface area contributed by atoms with E-state index in [1.807, 2.05) is 0 Å². The summed E-state index contributed by atoms with van der Waals surface area (Å²) in [4.78, 5) is 2.44. The molecule has 0 unspecified atom stereocenters. The van der Waals surface area contributed by atoms with Crippen LogP contribution in [-0.4, -0.2) is 0 Å². The van der Waals surface area contributed by atoms with Crippen LogP contribution in [-0.2, 0) is 0 Å². The minimum atomic E-state index is 1.09. The summed E-state index contributed by atoms with van der Waals surface area (Å²) >= 11 is 0. The number of anilines is 3. The van der Waals surface area contributed by atoms with E-state index in [0.717, 1.165) is 17.1 Å². The van der Waals surface area contributed by atoms with E-state index in [4.69, 9.17) is 0 Å². The molecular formula is C54H37N. The van der Waals surface area contributed by atoms with Crippen molar-refractivity contribution in [1.82, 2.24) is 0 Å². The summed E-state index contributed by atoms with van der Waals surface area (Å²) in [6.07, 6.45) is 0. The van der Waals surface area contributed by atoms with Crippen LogP contribution in [0.2, 0.25) is 0 Å². The van der Waals surface area contributed by atoms with Crippen molar-refractivity contribution in [2.75, 3.05) is 4.90 Å². The molecule has 0 spiro atoms. The van der Waals surface area contributed by atoms with Crippen LogP contribution in [0.5, 0.6) is 0 Å². The Morgan fingerprint density at radius 1 is 0.255 bits per heavy atom. The molecule has 258 valence electrons. The average molecular weight is 700 g/mol. The molecule has 10 aromatic carbocycles. The van der Waals surface area contributed by atoms with E-state index in [0.29, 0.717) is 0 Å². The monoisotopic (exact) mass is 699 g/mol. The zero-order valence-corrected chi connectivity index (χ0v) is 30.3. The van der Waals surface area contributed by atoms with Crippen LogP contribution in [0.15, 0.2) is 224 Å². The van der Waals surface area contributed by atoms with Crippen LogP contribution >= 0.6 is 0 Å². The molecule has 0 aliphatic carbocycles. The van der Waals surface area contributed by atoms with Crippen molar-refractivity contribution in [3.05, 3.63) is 224 Å². The summed E-state index contributed by atoms with van der Waals surface area (Å²) in [6.45, 7) is 0. The van der Waals surface area contributed by atoms with Gasteiger partial charge in [0.1, 0.15) is 0 Å². The lowest BCUT2D eigenvalue weighted by atomic mass is 9.91. The van der Waals surface area contributed by atoms with E-state index in [9.17, 15) is 0 Å². The van der Waals surface area contributed by atoms with Crippen molar-refractivity contribution < 1.29 is 0 Å². The minimum Gasteiger partial charge on any atom is -0.310 e. The molecule has 1 heteroatoms. The van der Waals surface area contributed by atoms with Gasteiger partial charge in [-0.2, -0.15) is 0 Å². The third-order valence-electron chi connectivity index (χ3n) is 10.8. The number of benzene rings is 10. The van der Waals surface area contributed by atoms with Crippen molar-refractivity contribution in [2.24, 2.45) is 0 Å². The highest BCUT2D eigenvalue weighted by Gasteiger charge is 2.21. The Morgan fingerprint density at radius 3 is 1.58 bits per heavy atom. The predicted molar refractivity (Wildman–Crippen MR) is 235 cm³/mol. The Bertz CT molecular complexity index is 2960. The van der Waals surface area contributed by atoms with E-state index < -0.39 is 0 Å². The number of hydrogen-bond acceptors (Lipinski definition) is 1. The van der Waals surface area contributed by atoms with E-state index in [2.05, 4.69) is 229 Å². The zero-order valence-electron chi connectivity index (χ0n) is 30.3. The van der Waals surface area contributed by atoms with Gasteiger partial charge in [0.2, 0.25) is 0 Å². The fourth-order valence-electron chi connectivity index (χ4n) is 8.29. The van der Waals surface area contributed by atoms with Gasteiger partial charge < -0.3 is 4.90 Å². The second kappa shape index (κ2) is 14.0. The maximum Gasteiger partial charge on any atom is 0.0546 e. The van der Waals surface area contributed by atoms with Crippen LogP contribution in [0.4, 0.5) is 17.1 Å². The van der Waals surface area contributed by atoms with Crippen LogP contribution < -0.4 is 4.90 Å². The zero-order chi connectivity index (χ0) is 36.6. The van der Waals surface area contributed by atoms with Crippen molar-refractivity contribution in [3.8, 4) is 44.5 Å². The number of fused-ring (bicyclic) bond motifs is 4. The molecule has 55 heavy (non-hydrogen) atoms. The van der Waals surface area contributed by atoms with Crippen molar-refractivity contribution in [1.29, 1.82) is 0 Å². The maximum absolute atomic E-state index is 2.44. The van der Waals surface area contributed by atoms with Gasteiger partial charge >= 0.3 is 0 Å². The number of nitrogens with zero attached hydrogens (tertiary/aromatic N) is 1. The third-order valence-corrected chi connectivity index (χ3v) is 10.8. The SMILES string of the molecule is c1ccc(-c2cccc(N(c3ccc(-c4cccc5ccccc45)cc3)c3cccc(-c4cc5ccccc5c5ccccc45)c3)c2-c2ccccc2)cc1. The molecule has 0 saturated carbocycles. The molecule has 0 N–H and O–H groups in total. The normalized spacial score (nSPS) is 11.3. The van der Waals surface area contributed by atoms with Crippen molar-refractivity contribution in [2.45, 2.75) is 0 Å². The van der Waals surface area contributed by atoms with E-state index in [-0.39, 0.29) is 0 Å². The number of rotatable bonds is 7. The fraction of sp³-hybridized carbons (Fsp3) is 0. The topological polar surface area (TPSA) is 3.24 Å². The highest BCUT2D eigenvalue weighted by atomic mass is 15.1. The smallest absolute Gasteiger partial charge is 0.0546 e. The Morgan fingerprint density at radius 2 is 0.800 bits per heavy atom. The highest BCUT2D eigenvalue weighted by Crippen LogP contribution is 2.47. The predicted octanol–water partition coefficient (Wildman–Crippen LogP) is 15.3. The first-order chi connectivity index (χ1) is 27.3. The fourth-order valence-corrected chi connectivity index (χ4v) is 8.29. The van der Waals surface area contributed by atoms with E-state index in [1.165, 1.54) is 76.8 Å². The van der Waals surface area contributed by atoms with Crippen LogP contribution in [0, 0.1) is 0 Å². The van der Waals surface area contributed by atoms with Gasteiger partial charge in [0.25, 0.3) is 0 Å². The first-order valence-corrected chi connectivity index (χ1v) is 18.9. The van der Waals surface area contributed by atoms with Gasteiger partial charge in [-0.1, -0.05) is 188 Å². The second-order valence-electron chi connectivity index (χ2n) is 14.1. The lowest BCUT2D eigenvalue weighted by Crippen LogP contribution is -2.12. The first-order valence-electron chi connectivity index (χ1n) is 18.9. The summed E-state index contributed by atoms with van der Waals surface area (Å²) in [5, 5.41) is 7.53. The molecule has 0 bridgehead atoms. The van der Waals surface area contributed by atoms with E-state index in [1.54, 1.807) is 0 Å². The molecule has 0 amide bonds. The molecule has 0 atom stereocenters. The molecular weight excluding hydrogens is 663 g/mol. The first kappa shape index (κ1) is 32.4. The quantitative estimate of drug-likeness (QED) is 0.150. The van der Waals surface area contributed by atoms with Gasteiger partial charge in [-0.05, 0) is 108 Å². The average Bonchev–Trinajstić information content (AvgIpc) is 3.27. The van der Waals surface area contributed by atoms with Crippen LogP contribution in [0.25, 0.3) is 76.8 Å². The van der Waals surface area contributed by atoms with Gasteiger partial charge in [-0.25, -0.2) is 0 Å². The van der Waals surface area contributed by atoms with Gasteiger partial charge in [0, 0.05) is 16.9 Å². The molecule has 0 aliphatic rings. The molecule has 10 rings (SSSR count). The molecule has 0 heterocycles. The lowest BCUT2D eigenvalue weighted by molar-refractivity contribution is 1.28. The Balaban J connectivity index is 1.20. The summed E-state index contributed by atoms with van der Waals surface area (Å²) in [7, 11) is 0. The standard InChI is InChI=1S/C54H37N/c1-3-16-39(17-4-1)49-30-15-31-53(54(49)41-19-5-2-6-20-41)55(44-34-32-40(33-35-44)47-29-14-22-38-18-7-9-25-46(38)47)45-24-13-23-42(36-45)52-37-43-21-8-10-26-48(43)50-27-11-12-28-51(50)52/h1-37H.